The van der Waals surface area contributed by atoms with Crippen molar-refractivity contribution in [2.75, 3.05) is 5.32 Å². The molecule has 0 radical (unpaired) electrons. The number of carbonyl (C=O) groups excluding carboxylic acids is 1. The third-order valence-electron chi connectivity index (χ3n) is 3.78. The summed E-state index contributed by atoms with van der Waals surface area (Å²) in [4.78, 5) is 17.6. The van der Waals surface area contributed by atoms with E-state index in [9.17, 15) is 4.79 Å². The second-order valence-electron chi connectivity index (χ2n) is 5.55. The number of hydrogen-bond acceptors (Lipinski definition) is 3. The van der Waals surface area contributed by atoms with Crippen LogP contribution in [0.4, 0.5) is 5.13 Å². The van der Waals surface area contributed by atoms with Crippen LogP contribution in [0.5, 0.6) is 0 Å². The summed E-state index contributed by atoms with van der Waals surface area (Å²) in [5.74, 6) is -0.159. The van der Waals surface area contributed by atoms with Crippen molar-refractivity contribution in [3.05, 3.63) is 80.3 Å². The number of aryl methyl sites for hydroxylation is 1. The van der Waals surface area contributed by atoms with E-state index in [0.29, 0.717) is 27.2 Å². The Bertz CT molecular complexity index is 891. The van der Waals surface area contributed by atoms with Crippen LogP contribution in [-0.4, -0.2) is 10.9 Å². The molecule has 3 aromatic rings. The average Bonchev–Trinajstić information content (AvgIpc) is 3.04. The second kappa shape index (κ2) is 8.00. The Morgan fingerprint density at radius 1 is 1.16 bits per heavy atom. The predicted molar refractivity (Wildman–Crippen MR) is 105 cm³/mol. The zero-order valence-electron chi connectivity index (χ0n) is 13.6. The van der Waals surface area contributed by atoms with Gasteiger partial charge in [-0.3, -0.25) is 10.1 Å². The van der Waals surface area contributed by atoms with Crippen molar-refractivity contribution in [3.63, 3.8) is 0 Å². The number of nitrogens with one attached hydrogen (secondary N) is 1. The van der Waals surface area contributed by atoms with E-state index >= 15 is 0 Å². The molecule has 25 heavy (non-hydrogen) atoms. The van der Waals surface area contributed by atoms with Crippen molar-refractivity contribution in [2.45, 2.75) is 19.8 Å². The monoisotopic (exact) mass is 390 g/mol. The van der Waals surface area contributed by atoms with Gasteiger partial charge in [-0.05, 0) is 41.8 Å². The molecule has 0 aliphatic rings. The van der Waals surface area contributed by atoms with Crippen molar-refractivity contribution < 1.29 is 4.79 Å². The van der Waals surface area contributed by atoms with Crippen molar-refractivity contribution in [2.24, 2.45) is 0 Å². The fourth-order valence-electron chi connectivity index (χ4n) is 2.36. The number of rotatable bonds is 5. The minimum Gasteiger partial charge on any atom is -0.298 e. The number of halogens is 2. The van der Waals surface area contributed by atoms with Crippen LogP contribution in [0.2, 0.25) is 10.0 Å². The summed E-state index contributed by atoms with van der Waals surface area (Å²) in [6.45, 7) is 2.08. The van der Waals surface area contributed by atoms with Gasteiger partial charge in [0.1, 0.15) is 0 Å². The average molecular weight is 391 g/mol. The topological polar surface area (TPSA) is 42.0 Å². The Hall–Kier alpha value is -1.88. The maximum Gasteiger partial charge on any atom is 0.257 e. The van der Waals surface area contributed by atoms with Gasteiger partial charge >= 0.3 is 0 Å². The molecule has 2 aromatic carbocycles. The highest BCUT2D eigenvalue weighted by Crippen LogP contribution is 2.27. The first-order valence-corrected chi connectivity index (χ1v) is 9.41. The van der Waals surface area contributed by atoms with Gasteiger partial charge in [0.25, 0.3) is 5.91 Å². The van der Waals surface area contributed by atoms with Gasteiger partial charge < -0.3 is 0 Å². The molecular formula is C19H16Cl2N2OS. The molecule has 1 amide bonds. The van der Waals surface area contributed by atoms with Crippen LogP contribution in [0.15, 0.2) is 48.7 Å². The first kappa shape index (κ1) is 17.9. The molecule has 0 aliphatic carbocycles. The first-order chi connectivity index (χ1) is 12.0. The fourth-order valence-corrected chi connectivity index (χ4v) is 3.67. The van der Waals surface area contributed by atoms with Crippen LogP contribution >= 0.6 is 34.5 Å². The van der Waals surface area contributed by atoms with Gasteiger partial charge in [-0.2, -0.15) is 0 Å². The molecule has 0 unspecified atom stereocenters. The number of carbonyl (C=O) groups is 1. The quantitative estimate of drug-likeness (QED) is 0.592. The van der Waals surface area contributed by atoms with Crippen LogP contribution in [0.3, 0.4) is 0 Å². The third-order valence-corrected chi connectivity index (χ3v) is 5.28. The van der Waals surface area contributed by atoms with E-state index in [1.54, 1.807) is 12.3 Å². The Morgan fingerprint density at radius 3 is 2.60 bits per heavy atom. The van der Waals surface area contributed by atoms with Crippen LogP contribution < -0.4 is 5.32 Å². The van der Waals surface area contributed by atoms with Crippen molar-refractivity contribution >= 4 is 45.6 Å². The van der Waals surface area contributed by atoms with E-state index < -0.39 is 0 Å². The van der Waals surface area contributed by atoms with E-state index in [4.69, 9.17) is 23.2 Å². The molecule has 6 heteroatoms. The molecule has 0 atom stereocenters. The summed E-state index contributed by atoms with van der Waals surface area (Å²) in [5.41, 5.74) is 2.80. The van der Waals surface area contributed by atoms with E-state index in [-0.39, 0.29) is 5.91 Å². The van der Waals surface area contributed by atoms with Crippen molar-refractivity contribution in [1.29, 1.82) is 0 Å². The smallest absolute Gasteiger partial charge is 0.257 e. The molecule has 0 aliphatic heterocycles. The fraction of sp³-hybridized carbons (Fsp3) is 0.158. The van der Waals surface area contributed by atoms with Crippen LogP contribution in [0, 0.1) is 0 Å². The summed E-state index contributed by atoms with van der Waals surface area (Å²) >= 11 is 13.6. The van der Waals surface area contributed by atoms with Gasteiger partial charge in [0.15, 0.2) is 5.13 Å². The minimum atomic E-state index is -0.159. The summed E-state index contributed by atoms with van der Waals surface area (Å²) in [6.07, 6.45) is 3.35. The molecular weight excluding hydrogens is 375 g/mol. The minimum absolute atomic E-state index is 0.159. The molecule has 0 fully saturated rings. The lowest BCUT2D eigenvalue weighted by Crippen LogP contribution is -2.11. The third kappa shape index (κ3) is 4.60. The van der Waals surface area contributed by atoms with Gasteiger partial charge in [0, 0.05) is 33.1 Å². The van der Waals surface area contributed by atoms with E-state index in [1.807, 2.05) is 36.4 Å². The maximum atomic E-state index is 12.3. The van der Waals surface area contributed by atoms with Crippen LogP contribution in [-0.2, 0) is 12.8 Å². The highest BCUT2D eigenvalue weighted by molar-refractivity contribution is 7.15. The normalized spacial score (nSPS) is 10.7. The van der Waals surface area contributed by atoms with Gasteiger partial charge in [0.05, 0.1) is 0 Å². The lowest BCUT2D eigenvalue weighted by atomic mass is 10.1. The predicted octanol–water partition coefficient (Wildman–Crippen LogP) is 5.86. The zero-order valence-corrected chi connectivity index (χ0v) is 15.9. The zero-order chi connectivity index (χ0) is 17.8. The van der Waals surface area contributed by atoms with Crippen molar-refractivity contribution in [1.82, 2.24) is 4.98 Å². The standard InChI is InChI=1S/C19H16Cl2N2OS/c1-2-12-3-5-13(6-4-12)18(24)23-19-22-11-16(25-19)9-14-7-8-15(20)10-17(14)21/h3-8,10-11H,2,9H2,1H3,(H,22,23,24). The number of anilines is 1. The largest absolute Gasteiger partial charge is 0.298 e. The van der Waals surface area contributed by atoms with Gasteiger partial charge in [0.2, 0.25) is 0 Å². The molecule has 3 nitrogen and oxygen atoms in total. The molecule has 0 bridgehead atoms. The molecule has 3 rings (SSSR count). The highest BCUT2D eigenvalue weighted by atomic mass is 35.5. The Labute approximate surface area is 160 Å². The number of nitrogens with zero attached hydrogens (tertiary/aromatic N) is 1. The maximum absolute atomic E-state index is 12.3. The number of amides is 1. The molecule has 0 saturated heterocycles. The summed E-state index contributed by atoms with van der Waals surface area (Å²) < 4.78 is 0. The highest BCUT2D eigenvalue weighted by Gasteiger charge is 2.10. The van der Waals surface area contributed by atoms with Gasteiger partial charge in [-0.15, -0.1) is 11.3 Å². The van der Waals surface area contributed by atoms with Crippen molar-refractivity contribution in [3.8, 4) is 0 Å². The molecule has 0 spiro atoms. The van der Waals surface area contributed by atoms with Crippen LogP contribution in [0.1, 0.15) is 33.3 Å². The van der Waals surface area contributed by atoms with E-state index in [0.717, 1.165) is 16.9 Å². The molecule has 1 aromatic heterocycles. The summed E-state index contributed by atoms with van der Waals surface area (Å²) in [5, 5.41) is 4.65. The Morgan fingerprint density at radius 2 is 1.92 bits per heavy atom. The number of aromatic nitrogens is 1. The molecule has 128 valence electrons. The lowest BCUT2D eigenvalue weighted by molar-refractivity contribution is 0.102. The molecule has 1 heterocycles. The van der Waals surface area contributed by atoms with Gasteiger partial charge in [-0.1, -0.05) is 48.3 Å². The Balaban J connectivity index is 1.67. The number of benzene rings is 2. The van der Waals surface area contributed by atoms with Crippen LogP contribution in [0.25, 0.3) is 0 Å². The number of hydrogen-bond donors (Lipinski definition) is 1. The van der Waals surface area contributed by atoms with E-state index in [1.165, 1.54) is 16.9 Å². The lowest BCUT2D eigenvalue weighted by Gasteiger charge is -2.03. The first-order valence-electron chi connectivity index (χ1n) is 7.84. The second-order valence-corrected chi connectivity index (χ2v) is 7.51. The van der Waals surface area contributed by atoms with E-state index in [2.05, 4.69) is 17.2 Å². The Kier molecular flexibility index (Phi) is 5.74. The summed E-state index contributed by atoms with van der Waals surface area (Å²) in [7, 11) is 0. The SMILES string of the molecule is CCc1ccc(C(=O)Nc2ncc(Cc3ccc(Cl)cc3Cl)s2)cc1. The number of thiazole rings is 1. The molecule has 1 N–H and O–H groups in total. The van der Waals surface area contributed by atoms with Gasteiger partial charge in [-0.25, -0.2) is 4.98 Å². The molecule has 0 saturated carbocycles. The summed E-state index contributed by atoms with van der Waals surface area (Å²) in [6, 6.07) is 13.0.